The molecule has 2 aliphatic rings. The lowest BCUT2D eigenvalue weighted by Gasteiger charge is -2.35. The number of hydrogen-bond donors (Lipinski definition) is 1. The van der Waals surface area contributed by atoms with Crippen molar-refractivity contribution in [1.29, 1.82) is 0 Å². The Balaban J connectivity index is 1.44. The minimum atomic E-state index is -0.808. The largest absolute Gasteiger partial charge is 0.508 e. The predicted octanol–water partition coefficient (Wildman–Crippen LogP) is 5.48. The van der Waals surface area contributed by atoms with Gasteiger partial charge in [0.05, 0.1) is 5.56 Å². The molecule has 3 heteroatoms. The average molecular weight is 389 g/mol. The van der Waals surface area contributed by atoms with Crippen molar-refractivity contribution in [1.82, 2.24) is 0 Å². The summed E-state index contributed by atoms with van der Waals surface area (Å²) in [5.41, 5.74) is 2.39. The van der Waals surface area contributed by atoms with Crippen LogP contribution in [0, 0.1) is 24.2 Å². The lowest BCUT2D eigenvalue weighted by atomic mass is 9.76. The lowest BCUT2D eigenvalue weighted by molar-refractivity contribution is -0.0171. The summed E-state index contributed by atoms with van der Waals surface area (Å²) < 4.78 is 5.90. The molecule has 0 spiro atoms. The van der Waals surface area contributed by atoms with Gasteiger partial charge in [-0.15, -0.1) is 6.42 Å². The third-order valence-corrected chi connectivity index (χ3v) is 6.77. The standard InChI is InChI=1S/C26H28O3/c1-3-5-6-18-7-9-19(10-8-18)24-16-22-15-21(24)17-26(22,4-2)29-25(28)20-11-13-23(27)14-12-20/h2,7-14,21-22,24,27H,3,5-6,15-17H2,1H3. The Hall–Kier alpha value is -2.73. The third-order valence-electron chi connectivity index (χ3n) is 6.77. The Labute approximate surface area is 173 Å². The molecule has 0 heterocycles. The molecule has 3 nitrogen and oxygen atoms in total. The summed E-state index contributed by atoms with van der Waals surface area (Å²) in [4.78, 5) is 12.6. The summed E-state index contributed by atoms with van der Waals surface area (Å²) in [5, 5.41) is 9.42. The minimum absolute atomic E-state index is 0.122. The number of ether oxygens (including phenoxy) is 1. The molecule has 4 unspecified atom stereocenters. The molecule has 150 valence electrons. The maximum absolute atomic E-state index is 12.6. The number of terminal acetylenes is 1. The van der Waals surface area contributed by atoms with Gasteiger partial charge in [-0.2, -0.15) is 0 Å². The molecule has 29 heavy (non-hydrogen) atoms. The molecular weight excluding hydrogens is 360 g/mol. The molecule has 0 saturated heterocycles. The Kier molecular flexibility index (Phi) is 5.37. The number of fused-ring (bicyclic) bond motifs is 2. The SMILES string of the molecule is C#CC1(OC(=O)c2ccc(O)cc2)CC2CC1CC2c1ccc(CCCC)cc1. The van der Waals surface area contributed by atoms with Crippen LogP contribution in [0.3, 0.4) is 0 Å². The second-order valence-electron chi connectivity index (χ2n) is 8.55. The van der Waals surface area contributed by atoms with Gasteiger partial charge < -0.3 is 9.84 Å². The van der Waals surface area contributed by atoms with Gasteiger partial charge >= 0.3 is 5.97 Å². The number of esters is 1. The number of carbonyl (C=O) groups excluding carboxylic acids is 1. The van der Waals surface area contributed by atoms with E-state index in [1.807, 2.05) is 0 Å². The second-order valence-corrected chi connectivity index (χ2v) is 8.55. The molecular formula is C26H28O3. The van der Waals surface area contributed by atoms with Crippen molar-refractivity contribution in [3.63, 3.8) is 0 Å². The van der Waals surface area contributed by atoms with E-state index >= 15 is 0 Å². The smallest absolute Gasteiger partial charge is 0.339 e. The first kappa shape index (κ1) is 19.6. The normalized spacial score (nSPS) is 27.5. The van der Waals surface area contributed by atoms with Crippen LogP contribution < -0.4 is 0 Å². The molecule has 2 aromatic rings. The molecule has 0 radical (unpaired) electrons. The number of benzene rings is 2. The minimum Gasteiger partial charge on any atom is -0.508 e. The van der Waals surface area contributed by atoms with E-state index in [0.29, 0.717) is 17.4 Å². The van der Waals surface area contributed by atoms with Gasteiger partial charge in [0.15, 0.2) is 5.60 Å². The molecule has 0 aliphatic heterocycles. The van der Waals surface area contributed by atoms with E-state index in [-0.39, 0.29) is 11.7 Å². The molecule has 2 fully saturated rings. The molecule has 0 amide bonds. The highest BCUT2D eigenvalue weighted by Gasteiger charge is 2.57. The number of carbonyl (C=O) groups is 1. The number of rotatable bonds is 6. The van der Waals surface area contributed by atoms with E-state index in [1.54, 1.807) is 12.1 Å². The van der Waals surface area contributed by atoms with E-state index in [1.165, 1.54) is 36.1 Å². The topological polar surface area (TPSA) is 46.5 Å². The Morgan fingerprint density at radius 2 is 1.90 bits per heavy atom. The van der Waals surface area contributed by atoms with E-state index in [9.17, 15) is 9.90 Å². The zero-order valence-corrected chi connectivity index (χ0v) is 16.9. The Morgan fingerprint density at radius 1 is 1.17 bits per heavy atom. The van der Waals surface area contributed by atoms with Crippen molar-refractivity contribution in [3.05, 3.63) is 65.2 Å². The second kappa shape index (κ2) is 7.95. The number of unbranched alkanes of at least 4 members (excludes halogenated alkanes) is 1. The predicted molar refractivity (Wildman–Crippen MR) is 114 cm³/mol. The summed E-state index contributed by atoms with van der Waals surface area (Å²) in [7, 11) is 0. The molecule has 2 aromatic carbocycles. The molecule has 2 aliphatic carbocycles. The monoisotopic (exact) mass is 388 g/mol. The lowest BCUT2D eigenvalue weighted by Crippen LogP contribution is -2.40. The van der Waals surface area contributed by atoms with Crippen LogP contribution in [0.15, 0.2) is 48.5 Å². The number of aryl methyl sites for hydroxylation is 1. The van der Waals surface area contributed by atoms with Gasteiger partial charge in [0.1, 0.15) is 5.75 Å². The first-order valence-corrected chi connectivity index (χ1v) is 10.6. The number of hydrogen-bond acceptors (Lipinski definition) is 3. The first-order chi connectivity index (χ1) is 14.0. The highest BCUT2D eigenvalue weighted by atomic mass is 16.6. The van der Waals surface area contributed by atoms with Crippen LogP contribution in [0.25, 0.3) is 0 Å². The maximum Gasteiger partial charge on any atom is 0.339 e. The quantitative estimate of drug-likeness (QED) is 0.527. The zero-order chi connectivity index (χ0) is 20.4. The van der Waals surface area contributed by atoms with Crippen LogP contribution in [0.5, 0.6) is 5.75 Å². The molecule has 4 rings (SSSR count). The fraction of sp³-hybridized carbons (Fsp3) is 0.423. The Bertz CT molecular complexity index is 906. The average Bonchev–Trinajstić information content (AvgIpc) is 3.31. The van der Waals surface area contributed by atoms with E-state index < -0.39 is 11.6 Å². The van der Waals surface area contributed by atoms with Crippen molar-refractivity contribution in [2.45, 2.75) is 57.0 Å². The molecule has 4 atom stereocenters. The van der Waals surface area contributed by atoms with E-state index in [2.05, 4.69) is 37.1 Å². The molecule has 1 N–H and O–H groups in total. The van der Waals surface area contributed by atoms with Gasteiger partial charge in [-0.25, -0.2) is 4.79 Å². The van der Waals surface area contributed by atoms with Crippen LogP contribution in [-0.4, -0.2) is 16.7 Å². The summed E-state index contributed by atoms with van der Waals surface area (Å²) in [6.45, 7) is 2.22. The summed E-state index contributed by atoms with van der Waals surface area (Å²) in [5.74, 6) is 3.69. The van der Waals surface area contributed by atoms with Gasteiger partial charge in [-0.05, 0) is 72.9 Å². The van der Waals surface area contributed by atoms with Gasteiger partial charge in [-0.1, -0.05) is 43.5 Å². The van der Waals surface area contributed by atoms with Crippen molar-refractivity contribution in [2.24, 2.45) is 11.8 Å². The van der Waals surface area contributed by atoms with Crippen molar-refractivity contribution >= 4 is 5.97 Å². The highest BCUT2D eigenvalue weighted by molar-refractivity contribution is 5.90. The van der Waals surface area contributed by atoms with E-state index in [4.69, 9.17) is 11.2 Å². The summed E-state index contributed by atoms with van der Waals surface area (Å²) in [6.07, 6.45) is 12.2. The van der Waals surface area contributed by atoms with E-state index in [0.717, 1.165) is 25.7 Å². The third kappa shape index (κ3) is 3.77. The maximum atomic E-state index is 12.6. The first-order valence-electron chi connectivity index (χ1n) is 10.6. The fourth-order valence-corrected chi connectivity index (χ4v) is 5.16. The van der Waals surface area contributed by atoms with Gasteiger partial charge in [-0.3, -0.25) is 0 Å². The van der Waals surface area contributed by atoms with Crippen LogP contribution in [0.1, 0.15) is 66.4 Å². The fourth-order valence-electron chi connectivity index (χ4n) is 5.16. The van der Waals surface area contributed by atoms with Crippen molar-refractivity contribution < 1.29 is 14.6 Å². The molecule has 2 saturated carbocycles. The van der Waals surface area contributed by atoms with Crippen LogP contribution in [0.2, 0.25) is 0 Å². The number of phenolic OH excluding ortho intramolecular Hbond substituents is 1. The molecule has 0 aromatic heterocycles. The summed E-state index contributed by atoms with van der Waals surface area (Å²) in [6, 6.07) is 15.2. The zero-order valence-electron chi connectivity index (χ0n) is 16.9. The van der Waals surface area contributed by atoms with Crippen LogP contribution in [-0.2, 0) is 11.2 Å². The van der Waals surface area contributed by atoms with Crippen LogP contribution in [0.4, 0.5) is 0 Å². The number of phenols is 1. The van der Waals surface area contributed by atoms with Crippen molar-refractivity contribution in [3.8, 4) is 18.1 Å². The van der Waals surface area contributed by atoms with Crippen molar-refractivity contribution in [2.75, 3.05) is 0 Å². The summed E-state index contributed by atoms with van der Waals surface area (Å²) >= 11 is 0. The highest BCUT2D eigenvalue weighted by Crippen LogP contribution is 2.58. The van der Waals surface area contributed by atoms with Gasteiger partial charge in [0.25, 0.3) is 0 Å². The van der Waals surface area contributed by atoms with Gasteiger partial charge in [0.2, 0.25) is 0 Å². The Morgan fingerprint density at radius 3 is 2.48 bits per heavy atom. The molecule has 2 bridgehead atoms. The number of aromatic hydroxyl groups is 1. The van der Waals surface area contributed by atoms with Gasteiger partial charge in [0, 0.05) is 12.3 Å². The van der Waals surface area contributed by atoms with Crippen LogP contribution >= 0.6 is 0 Å².